The van der Waals surface area contributed by atoms with Crippen LogP contribution in [-0.2, 0) is 16.0 Å². The van der Waals surface area contributed by atoms with Crippen molar-refractivity contribution in [2.75, 3.05) is 6.26 Å². The van der Waals surface area contributed by atoms with Crippen molar-refractivity contribution in [3.8, 4) is 0 Å². The van der Waals surface area contributed by atoms with Crippen LogP contribution in [0.25, 0.3) is 0 Å². The number of carbonyl (C=O) groups is 1. The van der Waals surface area contributed by atoms with Crippen molar-refractivity contribution in [2.45, 2.75) is 29.8 Å². The zero-order valence-corrected chi connectivity index (χ0v) is 13.2. The maximum atomic E-state index is 12.8. The topological polar surface area (TPSA) is 77.2 Å². The van der Waals surface area contributed by atoms with Crippen molar-refractivity contribution >= 4 is 15.6 Å². The van der Waals surface area contributed by atoms with Gasteiger partial charge in [-0.2, -0.15) is 13.2 Å². The van der Waals surface area contributed by atoms with Crippen LogP contribution in [0.4, 0.5) is 13.2 Å². The smallest absolute Gasteiger partial charge is 0.360 e. The zero-order chi connectivity index (χ0) is 17.7. The summed E-state index contributed by atoms with van der Waals surface area (Å²) in [5, 5.41) is 3.61. The van der Waals surface area contributed by atoms with Crippen LogP contribution in [0.2, 0.25) is 0 Å². The molecule has 0 spiro atoms. The Bertz CT molecular complexity index is 911. The lowest BCUT2D eigenvalue weighted by Crippen LogP contribution is -2.13. The predicted molar refractivity (Wildman–Crippen MR) is 76.5 cm³/mol. The summed E-state index contributed by atoms with van der Waals surface area (Å²) < 4.78 is 67.1. The van der Waals surface area contributed by atoms with E-state index in [0.717, 1.165) is 25.2 Å². The number of halogens is 3. The number of rotatable bonds is 4. The van der Waals surface area contributed by atoms with Gasteiger partial charge in [0.15, 0.2) is 15.5 Å². The van der Waals surface area contributed by atoms with E-state index < -0.39 is 32.3 Å². The fraction of sp³-hybridized carbons (Fsp3) is 0.333. The van der Waals surface area contributed by atoms with Gasteiger partial charge in [0, 0.05) is 23.8 Å². The van der Waals surface area contributed by atoms with Crippen LogP contribution >= 0.6 is 0 Å². The molecule has 24 heavy (non-hydrogen) atoms. The number of ketones is 1. The molecule has 2 aromatic rings. The van der Waals surface area contributed by atoms with Crippen LogP contribution in [0.15, 0.2) is 33.7 Å². The molecular weight excluding hydrogens is 347 g/mol. The van der Waals surface area contributed by atoms with E-state index in [1.54, 1.807) is 0 Å². The number of alkyl halides is 3. The van der Waals surface area contributed by atoms with Gasteiger partial charge in [-0.1, -0.05) is 5.16 Å². The van der Waals surface area contributed by atoms with E-state index in [1.165, 1.54) is 6.07 Å². The predicted octanol–water partition coefficient (Wildman–Crippen LogP) is 3.21. The van der Waals surface area contributed by atoms with Crippen LogP contribution in [-0.4, -0.2) is 25.6 Å². The lowest BCUT2D eigenvalue weighted by Gasteiger charge is -2.11. The summed E-state index contributed by atoms with van der Waals surface area (Å²) in [6, 6.07) is 3.39. The Labute approximate surface area is 135 Å². The maximum absolute atomic E-state index is 12.8. The molecule has 0 unspecified atom stereocenters. The second-order valence-electron chi connectivity index (χ2n) is 5.70. The van der Waals surface area contributed by atoms with Crippen molar-refractivity contribution < 1.29 is 30.9 Å². The number of hydrogen-bond donors (Lipinski definition) is 0. The SMILES string of the molecule is CS(=O)(=O)c1cc(C(F)(F)F)ccc1C(=O)c1cc(C2CC2)on1. The second kappa shape index (κ2) is 5.44. The minimum Gasteiger partial charge on any atom is -0.360 e. The summed E-state index contributed by atoms with van der Waals surface area (Å²) in [6.07, 6.45) is -2.14. The summed E-state index contributed by atoms with van der Waals surface area (Å²) in [7, 11) is -4.05. The van der Waals surface area contributed by atoms with Gasteiger partial charge in [-0.25, -0.2) is 8.42 Å². The lowest BCUT2D eigenvalue weighted by atomic mass is 10.1. The Morgan fingerprint density at radius 2 is 1.92 bits per heavy atom. The molecule has 0 atom stereocenters. The number of carbonyl (C=O) groups excluding carboxylic acids is 1. The van der Waals surface area contributed by atoms with Crippen molar-refractivity contribution in [1.29, 1.82) is 0 Å². The van der Waals surface area contributed by atoms with Gasteiger partial charge < -0.3 is 4.52 Å². The first-order chi connectivity index (χ1) is 11.1. The molecular formula is C15H12F3NO4S. The molecule has 0 amide bonds. The molecule has 1 saturated carbocycles. The number of nitrogens with zero attached hydrogens (tertiary/aromatic N) is 1. The normalized spacial score (nSPS) is 15.5. The van der Waals surface area contributed by atoms with Gasteiger partial charge >= 0.3 is 6.18 Å². The van der Waals surface area contributed by atoms with E-state index in [9.17, 15) is 26.4 Å². The molecule has 3 rings (SSSR count). The number of benzene rings is 1. The minimum atomic E-state index is -4.71. The van der Waals surface area contributed by atoms with E-state index in [2.05, 4.69) is 5.16 Å². The van der Waals surface area contributed by atoms with E-state index in [4.69, 9.17) is 4.52 Å². The third-order valence-electron chi connectivity index (χ3n) is 3.69. The first-order valence-electron chi connectivity index (χ1n) is 7.00. The third kappa shape index (κ3) is 3.21. The van der Waals surface area contributed by atoms with Gasteiger partial charge in [0.05, 0.1) is 10.5 Å². The first kappa shape index (κ1) is 16.7. The molecule has 0 bridgehead atoms. The highest BCUT2D eigenvalue weighted by Crippen LogP contribution is 2.40. The second-order valence-corrected chi connectivity index (χ2v) is 7.68. The fourth-order valence-electron chi connectivity index (χ4n) is 2.29. The quantitative estimate of drug-likeness (QED) is 0.784. The molecule has 0 radical (unpaired) electrons. The lowest BCUT2D eigenvalue weighted by molar-refractivity contribution is -0.137. The van der Waals surface area contributed by atoms with Gasteiger partial charge in [0.2, 0.25) is 5.78 Å². The molecule has 1 fully saturated rings. The zero-order valence-electron chi connectivity index (χ0n) is 12.4. The van der Waals surface area contributed by atoms with Crippen molar-refractivity contribution in [1.82, 2.24) is 5.16 Å². The maximum Gasteiger partial charge on any atom is 0.416 e. The molecule has 0 N–H and O–H groups in total. The largest absolute Gasteiger partial charge is 0.416 e. The Hall–Kier alpha value is -2.16. The molecule has 1 aliphatic carbocycles. The van der Waals surface area contributed by atoms with E-state index in [0.29, 0.717) is 17.9 Å². The van der Waals surface area contributed by atoms with Crippen LogP contribution in [0.5, 0.6) is 0 Å². The third-order valence-corrected chi connectivity index (χ3v) is 4.83. The van der Waals surface area contributed by atoms with Crippen LogP contribution in [0, 0.1) is 0 Å². The Kier molecular flexibility index (Phi) is 3.78. The monoisotopic (exact) mass is 359 g/mol. The van der Waals surface area contributed by atoms with Gasteiger partial charge in [-0.15, -0.1) is 0 Å². The van der Waals surface area contributed by atoms with Crippen LogP contribution in [0.3, 0.4) is 0 Å². The van der Waals surface area contributed by atoms with Crippen molar-refractivity contribution in [2.24, 2.45) is 0 Å². The first-order valence-corrected chi connectivity index (χ1v) is 8.89. The fourth-order valence-corrected chi connectivity index (χ4v) is 3.19. The number of aromatic nitrogens is 1. The highest BCUT2D eigenvalue weighted by Gasteiger charge is 2.34. The summed E-state index contributed by atoms with van der Waals surface area (Å²) in [6.45, 7) is 0. The van der Waals surface area contributed by atoms with Crippen molar-refractivity contribution in [3.63, 3.8) is 0 Å². The van der Waals surface area contributed by atoms with Gasteiger partial charge in [0.1, 0.15) is 5.76 Å². The van der Waals surface area contributed by atoms with E-state index in [-0.39, 0.29) is 17.2 Å². The molecule has 1 aromatic carbocycles. The molecule has 128 valence electrons. The average Bonchev–Trinajstić information content (AvgIpc) is 3.21. The van der Waals surface area contributed by atoms with Crippen molar-refractivity contribution in [3.05, 3.63) is 46.8 Å². The Balaban J connectivity index is 2.06. The molecule has 9 heteroatoms. The highest BCUT2D eigenvalue weighted by atomic mass is 32.2. The standard InChI is InChI=1S/C15H12F3NO4S/c1-24(21,22)13-6-9(15(16,17)18)4-5-10(13)14(20)11-7-12(23-19-11)8-2-3-8/h4-8H,2-3H2,1H3. The Morgan fingerprint density at radius 3 is 2.46 bits per heavy atom. The number of sulfone groups is 1. The summed E-state index contributed by atoms with van der Waals surface area (Å²) in [5.41, 5.74) is -1.62. The summed E-state index contributed by atoms with van der Waals surface area (Å²) in [4.78, 5) is 11.8. The van der Waals surface area contributed by atoms with Gasteiger partial charge in [-0.3, -0.25) is 4.79 Å². The summed E-state index contributed by atoms with van der Waals surface area (Å²) >= 11 is 0. The summed E-state index contributed by atoms with van der Waals surface area (Å²) in [5.74, 6) is -0.0769. The molecule has 1 aliphatic rings. The molecule has 0 saturated heterocycles. The molecule has 1 heterocycles. The van der Waals surface area contributed by atoms with Gasteiger partial charge in [0.25, 0.3) is 0 Å². The van der Waals surface area contributed by atoms with Crippen LogP contribution in [0.1, 0.15) is 46.1 Å². The minimum absolute atomic E-state index is 0.124. The molecule has 5 nitrogen and oxygen atoms in total. The molecule has 1 aromatic heterocycles. The Morgan fingerprint density at radius 1 is 1.25 bits per heavy atom. The number of hydrogen-bond acceptors (Lipinski definition) is 5. The average molecular weight is 359 g/mol. The van der Waals surface area contributed by atoms with E-state index >= 15 is 0 Å². The van der Waals surface area contributed by atoms with Crippen LogP contribution < -0.4 is 0 Å². The molecule has 0 aliphatic heterocycles. The highest BCUT2D eigenvalue weighted by molar-refractivity contribution is 7.90. The van der Waals surface area contributed by atoms with Gasteiger partial charge in [-0.05, 0) is 31.0 Å². The van der Waals surface area contributed by atoms with E-state index in [1.807, 2.05) is 0 Å².